The Bertz CT molecular complexity index is 1720. The first-order valence-corrected chi connectivity index (χ1v) is 15.9. The number of carbonyl (C=O) groups is 2. The third kappa shape index (κ3) is 6.14. The Morgan fingerprint density at radius 3 is 2.32 bits per heavy atom. The van der Waals surface area contributed by atoms with E-state index in [9.17, 15) is 14.7 Å². The molecule has 2 saturated heterocycles. The number of fused-ring (bicyclic) bond motifs is 2. The van der Waals surface area contributed by atoms with Crippen LogP contribution < -0.4 is 19.9 Å². The lowest BCUT2D eigenvalue weighted by molar-refractivity contribution is -0.254. The lowest BCUT2D eigenvalue weighted by Crippen LogP contribution is -2.46. The van der Waals surface area contributed by atoms with Crippen molar-refractivity contribution in [3.8, 4) is 22.5 Å². The fraction of sp³-hybridized carbons (Fsp3) is 0.417. The quantitative estimate of drug-likeness (QED) is 0.133. The van der Waals surface area contributed by atoms with Gasteiger partial charge in [0.05, 0.1) is 25.1 Å². The molecule has 0 saturated carbocycles. The summed E-state index contributed by atoms with van der Waals surface area (Å²) >= 11 is 0. The van der Waals surface area contributed by atoms with Gasteiger partial charge in [-0.15, -0.1) is 0 Å². The van der Waals surface area contributed by atoms with Crippen LogP contribution in [0, 0.1) is 0 Å². The molecule has 0 bridgehead atoms. The fourth-order valence-electron chi connectivity index (χ4n) is 6.46. The Morgan fingerprint density at radius 2 is 1.59 bits per heavy atom. The number of hydrogen-bond donors (Lipinski definition) is 0. The van der Waals surface area contributed by atoms with E-state index in [1.807, 2.05) is 12.1 Å². The van der Waals surface area contributed by atoms with Crippen molar-refractivity contribution in [3.63, 3.8) is 0 Å². The van der Waals surface area contributed by atoms with E-state index in [1.165, 1.54) is 6.07 Å². The first-order chi connectivity index (χ1) is 21.3. The number of unbranched alkanes of at least 4 members (excludes halogenated alkanes) is 2. The highest BCUT2D eigenvalue weighted by molar-refractivity contribution is 6.09. The second-order valence-electron chi connectivity index (χ2n) is 12.3. The van der Waals surface area contributed by atoms with Crippen LogP contribution in [0.3, 0.4) is 0 Å². The molecular weight excluding hydrogens is 552 g/mol. The topological polar surface area (TPSA) is 83.1 Å². The highest BCUT2D eigenvalue weighted by atomic mass is 16.4. The van der Waals surface area contributed by atoms with Crippen LogP contribution in [-0.4, -0.2) is 88.0 Å². The summed E-state index contributed by atoms with van der Waals surface area (Å²) in [7, 11) is 4.28. The molecule has 230 valence electrons. The standard InChI is InChI=1S/C36H42N4O4/c1-4-5-6-7-32(41)25-8-11-28(36(42)43)31(22-25)35-29-12-9-26(39-18-14-37(2)15-19-39)23-33(29)44-34-24-27(10-13-30(34)35)40-20-16-38(3)17-21-40/h8-13,22-24H,4-7,14-21H2,1-3H3. The van der Waals surface area contributed by atoms with Crippen LogP contribution in [0.1, 0.15) is 53.3 Å². The van der Waals surface area contributed by atoms with Crippen molar-refractivity contribution in [1.29, 1.82) is 0 Å². The molecule has 1 aliphatic carbocycles. The fourth-order valence-corrected chi connectivity index (χ4v) is 6.46. The number of carboxylic acids is 1. The molecule has 2 aromatic rings. The van der Waals surface area contributed by atoms with E-state index < -0.39 is 5.97 Å². The van der Waals surface area contributed by atoms with E-state index in [4.69, 9.17) is 4.42 Å². The number of anilines is 1. The molecule has 0 atom stereocenters. The third-order valence-corrected chi connectivity index (χ3v) is 9.26. The summed E-state index contributed by atoms with van der Waals surface area (Å²) in [6.45, 7) is 9.75. The summed E-state index contributed by atoms with van der Waals surface area (Å²) in [6.07, 6.45) is 3.26. The van der Waals surface area contributed by atoms with Crippen LogP contribution in [0.2, 0.25) is 0 Å². The van der Waals surface area contributed by atoms with Gasteiger partial charge in [-0.1, -0.05) is 31.9 Å². The number of ketones is 1. The molecule has 8 nitrogen and oxygen atoms in total. The SMILES string of the molecule is CCCCCC(=O)c1ccc(C(=O)[O-])c(-c2c3ccc(=[N+]4CCN(C)CC4)cc-3oc3cc(N4CCN(C)CC4)ccc23)c1. The number of piperazine rings is 2. The minimum absolute atomic E-state index is 0.0218. The molecule has 0 unspecified atom stereocenters. The molecule has 6 rings (SSSR count). The molecule has 3 aliphatic heterocycles. The van der Waals surface area contributed by atoms with Crippen LogP contribution in [0.4, 0.5) is 5.69 Å². The van der Waals surface area contributed by atoms with Gasteiger partial charge >= 0.3 is 0 Å². The molecule has 2 aromatic carbocycles. The minimum Gasteiger partial charge on any atom is -0.545 e. The molecule has 0 amide bonds. The maximum atomic E-state index is 13.2. The number of rotatable bonds is 8. The Morgan fingerprint density at radius 1 is 0.841 bits per heavy atom. The van der Waals surface area contributed by atoms with Crippen molar-refractivity contribution < 1.29 is 19.1 Å². The molecule has 0 spiro atoms. The van der Waals surface area contributed by atoms with Gasteiger partial charge in [-0.05, 0) is 50.3 Å². The summed E-state index contributed by atoms with van der Waals surface area (Å²) in [5.74, 6) is -0.563. The number of nitrogens with zero attached hydrogens (tertiary/aromatic N) is 4. The lowest BCUT2D eigenvalue weighted by Gasteiger charge is -2.34. The van der Waals surface area contributed by atoms with E-state index in [-0.39, 0.29) is 11.3 Å². The van der Waals surface area contributed by atoms with Gasteiger partial charge in [0.15, 0.2) is 18.9 Å². The summed E-state index contributed by atoms with van der Waals surface area (Å²) < 4.78 is 9.02. The van der Waals surface area contributed by atoms with Gasteiger partial charge in [-0.25, -0.2) is 4.58 Å². The Balaban J connectivity index is 1.56. The first kappa shape index (κ1) is 30.0. The Hall–Kier alpha value is -4.01. The Labute approximate surface area is 259 Å². The average Bonchev–Trinajstić information content (AvgIpc) is 3.03. The van der Waals surface area contributed by atoms with Gasteiger partial charge in [0.25, 0.3) is 0 Å². The lowest BCUT2D eigenvalue weighted by atomic mass is 9.88. The highest BCUT2D eigenvalue weighted by Gasteiger charge is 2.24. The molecule has 0 radical (unpaired) electrons. The molecule has 44 heavy (non-hydrogen) atoms. The predicted molar refractivity (Wildman–Crippen MR) is 173 cm³/mol. The van der Waals surface area contributed by atoms with Gasteiger partial charge in [-0.2, -0.15) is 0 Å². The van der Waals surface area contributed by atoms with Crippen molar-refractivity contribution in [2.45, 2.75) is 32.6 Å². The monoisotopic (exact) mass is 594 g/mol. The second kappa shape index (κ2) is 12.9. The number of hydrogen-bond acceptors (Lipinski definition) is 7. The van der Waals surface area contributed by atoms with Crippen LogP contribution in [0.5, 0.6) is 0 Å². The van der Waals surface area contributed by atoms with Crippen LogP contribution >= 0.6 is 0 Å². The second-order valence-corrected chi connectivity index (χ2v) is 12.3. The minimum atomic E-state index is -1.27. The molecule has 0 N–H and O–H groups in total. The summed E-state index contributed by atoms with van der Waals surface area (Å²) in [4.78, 5) is 32.7. The van der Waals surface area contributed by atoms with Crippen molar-refractivity contribution in [2.75, 3.05) is 71.4 Å². The van der Waals surface area contributed by atoms with E-state index in [1.54, 1.807) is 12.1 Å². The summed E-state index contributed by atoms with van der Waals surface area (Å²) in [5, 5.41) is 14.4. The molecule has 0 aromatic heterocycles. The number of Topliss-reactive ketones (excluding diaryl/α,β-unsaturated/α-hetero) is 1. The van der Waals surface area contributed by atoms with Gasteiger partial charge in [0, 0.05) is 78.1 Å². The number of carbonyl (C=O) groups excluding carboxylic acids is 2. The van der Waals surface area contributed by atoms with Crippen LogP contribution in [-0.2, 0) is 0 Å². The zero-order valence-corrected chi connectivity index (χ0v) is 26.1. The average molecular weight is 595 g/mol. The summed E-state index contributed by atoms with van der Waals surface area (Å²) in [5.41, 5.74) is 4.39. The van der Waals surface area contributed by atoms with Crippen molar-refractivity contribution in [1.82, 2.24) is 14.4 Å². The zero-order valence-electron chi connectivity index (χ0n) is 26.1. The van der Waals surface area contributed by atoms with Crippen molar-refractivity contribution in [2.24, 2.45) is 0 Å². The van der Waals surface area contributed by atoms with Crippen LogP contribution in [0.15, 0.2) is 59.0 Å². The summed E-state index contributed by atoms with van der Waals surface area (Å²) in [6, 6.07) is 17.3. The number of carboxylic acid groups (broad SMARTS) is 1. The van der Waals surface area contributed by atoms with Crippen molar-refractivity contribution in [3.05, 3.63) is 71.1 Å². The van der Waals surface area contributed by atoms with E-state index in [0.29, 0.717) is 28.9 Å². The van der Waals surface area contributed by atoms with Gasteiger partial charge in [-0.3, -0.25) is 9.69 Å². The van der Waals surface area contributed by atoms with Crippen molar-refractivity contribution >= 4 is 28.4 Å². The molecule has 3 heterocycles. The number of aromatic carboxylic acids is 1. The maximum absolute atomic E-state index is 13.2. The predicted octanol–water partition coefficient (Wildman–Crippen LogP) is 3.80. The molecule has 4 aliphatic rings. The largest absolute Gasteiger partial charge is 0.545 e. The van der Waals surface area contributed by atoms with Gasteiger partial charge in [0.1, 0.15) is 11.3 Å². The zero-order chi connectivity index (χ0) is 30.8. The maximum Gasteiger partial charge on any atom is 0.203 e. The number of benzene rings is 3. The smallest absolute Gasteiger partial charge is 0.203 e. The highest BCUT2D eigenvalue weighted by Crippen LogP contribution is 2.42. The van der Waals surface area contributed by atoms with Crippen LogP contribution in [0.25, 0.3) is 33.4 Å². The number of likely N-dealkylation sites (N-methyl/N-ethyl adjacent to an activating group) is 2. The third-order valence-electron chi connectivity index (χ3n) is 9.26. The first-order valence-electron chi connectivity index (χ1n) is 15.9. The van der Waals surface area contributed by atoms with E-state index >= 15 is 0 Å². The molecule has 8 heteroatoms. The van der Waals surface area contributed by atoms with Gasteiger partial charge in [0.2, 0.25) is 5.36 Å². The molecular formula is C36H42N4O4. The van der Waals surface area contributed by atoms with E-state index in [0.717, 1.165) is 99.2 Å². The normalized spacial score (nSPS) is 16.6. The van der Waals surface area contributed by atoms with Gasteiger partial charge < -0.3 is 24.1 Å². The van der Waals surface area contributed by atoms with E-state index in [2.05, 4.69) is 64.6 Å². The Kier molecular flexibility index (Phi) is 8.82. The molecule has 2 fully saturated rings.